The predicted molar refractivity (Wildman–Crippen MR) is 103 cm³/mol. The first-order chi connectivity index (χ1) is 12.1. The molecule has 0 saturated carbocycles. The maximum absolute atomic E-state index is 12.7. The van der Waals surface area contributed by atoms with Crippen molar-refractivity contribution in [3.63, 3.8) is 0 Å². The summed E-state index contributed by atoms with van der Waals surface area (Å²) in [5.74, 6) is 0.469. The van der Waals surface area contributed by atoms with Crippen molar-refractivity contribution in [3.05, 3.63) is 34.9 Å². The van der Waals surface area contributed by atoms with Crippen molar-refractivity contribution in [3.8, 4) is 0 Å². The van der Waals surface area contributed by atoms with E-state index in [1.54, 1.807) is 9.80 Å². The Hall–Kier alpha value is -2.04. The molecule has 2 rings (SSSR count). The molecule has 1 heterocycles. The molecule has 1 saturated heterocycles. The Morgan fingerprint density at radius 3 is 2.31 bits per heavy atom. The number of benzene rings is 1. The fourth-order valence-electron chi connectivity index (χ4n) is 3.19. The minimum Gasteiger partial charge on any atom is -0.444 e. The Balaban J connectivity index is 1.85. The van der Waals surface area contributed by atoms with E-state index in [0.29, 0.717) is 25.6 Å². The van der Waals surface area contributed by atoms with Crippen LogP contribution in [0.5, 0.6) is 0 Å². The van der Waals surface area contributed by atoms with E-state index in [0.717, 1.165) is 24.0 Å². The average molecular weight is 360 g/mol. The van der Waals surface area contributed by atoms with Crippen LogP contribution in [0.25, 0.3) is 0 Å². The Kier molecular flexibility index (Phi) is 6.32. The molecule has 26 heavy (non-hydrogen) atoms. The fraction of sp³-hybridized carbons (Fsp3) is 0.619. The molecule has 0 N–H and O–H groups in total. The van der Waals surface area contributed by atoms with E-state index in [-0.39, 0.29) is 12.0 Å². The summed E-state index contributed by atoms with van der Waals surface area (Å²) in [5, 5.41) is 0. The lowest BCUT2D eigenvalue weighted by molar-refractivity contribution is 0.0171. The molecule has 1 aromatic rings. The van der Waals surface area contributed by atoms with Crippen LogP contribution >= 0.6 is 0 Å². The van der Waals surface area contributed by atoms with Crippen LogP contribution in [-0.4, -0.2) is 54.1 Å². The second kappa shape index (κ2) is 8.11. The van der Waals surface area contributed by atoms with Crippen molar-refractivity contribution in [2.75, 3.05) is 26.7 Å². The summed E-state index contributed by atoms with van der Waals surface area (Å²) in [5.41, 5.74) is 2.60. The standard InChI is InChI=1S/C21H32N2O3/c1-15-7-8-18(13-16(15)2)19(24)22(6)14-17-9-11-23(12-10-17)20(25)26-21(3,4)5/h7-8,13,17H,9-12,14H2,1-6H3. The van der Waals surface area contributed by atoms with Gasteiger partial charge in [-0.15, -0.1) is 0 Å². The number of piperidine rings is 1. The lowest BCUT2D eigenvalue weighted by atomic mass is 9.96. The number of carbonyl (C=O) groups is 2. The number of hydrogen-bond acceptors (Lipinski definition) is 3. The van der Waals surface area contributed by atoms with E-state index in [2.05, 4.69) is 0 Å². The van der Waals surface area contributed by atoms with E-state index < -0.39 is 5.60 Å². The van der Waals surface area contributed by atoms with E-state index in [1.165, 1.54) is 5.56 Å². The smallest absolute Gasteiger partial charge is 0.410 e. The minimum atomic E-state index is -0.466. The molecule has 0 aliphatic carbocycles. The monoisotopic (exact) mass is 360 g/mol. The number of carbonyl (C=O) groups excluding carboxylic acids is 2. The van der Waals surface area contributed by atoms with Crippen LogP contribution in [-0.2, 0) is 4.74 Å². The van der Waals surface area contributed by atoms with Gasteiger partial charge in [-0.05, 0) is 76.6 Å². The van der Waals surface area contributed by atoms with Crippen LogP contribution in [0.15, 0.2) is 18.2 Å². The second-order valence-electron chi connectivity index (χ2n) is 8.40. The van der Waals surface area contributed by atoms with E-state index in [4.69, 9.17) is 4.74 Å². The highest BCUT2D eigenvalue weighted by Crippen LogP contribution is 2.21. The molecule has 2 amide bonds. The van der Waals surface area contributed by atoms with Crippen LogP contribution in [0.2, 0.25) is 0 Å². The van der Waals surface area contributed by atoms with Gasteiger partial charge in [0, 0.05) is 32.2 Å². The van der Waals surface area contributed by atoms with Gasteiger partial charge in [0.05, 0.1) is 0 Å². The molecule has 1 fully saturated rings. The normalized spacial score (nSPS) is 15.7. The Bertz CT molecular complexity index is 656. The number of rotatable bonds is 3. The fourth-order valence-corrected chi connectivity index (χ4v) is 3.19. The number of ether oxygens (including phenoxy) is 1. The zero-order valence-corrected chi connectivity index (χ0v) is 17.0. The van der Waals surface area contributed by atoms with Gasteiger partial charge in [0.1, 0.15) is 5.60 Å². The third-order valence-electron chi connectivity index (χ3n) is 4.90. The Morgan fingerprint density at radius 1 is 1.15 bits per heavy atom. The van der Waals surface area contributed by atoms with Gasteiger partial charge < -0.3 is 14.5 Å². The van der Waals surface area contributed by atoms with Gasteiger partial charge in [-0.2, -0.15) is 0 Å². The molecular formula is C21H32N2O3. The predicted octanol–water partition coefficient (Wildman–Crippen LogP) is 4.02. The third-order valence-corrected chi connectivity index (χ3v) is 4.90. The SMILES string of the molecule is Cc1ccc(C(=O)N(C)CC2CCN(C(=O)OC(C)(C)C)CC2)cc1C. The largest absolute Gasteiger partial charge is 0.444 e. The maximum Gasteiger partial charge on any atom is 0.410 e. The number of hydrogen-bond donors (Lipinski definition) is 0. The molecule has 0 radical (unpaired) electrons. The van der Waals surface area contributed by atoms with Crippen LogP contribution in [0.4, 0.5) is 4.79 Å². The molecule has 0 atom stereocenters. The molecule has 5 nitrogen and oxygen atoms in total. The summed E-state index contributed by atoms with van der Waals surface area (Å²) < 4.78 is 5.43. The van der Waals surface area contributed by atoms with Gasteiger partial charge in [-0.3, -0.25) is 4.79 Å². The van der Waals surface area contributed by atoms with Gasteiger partial charge in [0.25, 0.3) is 5.91 Å². The first-order valence-corrected chi connectivity index (χ1v) is 9.37. The second-order valence-corrected chi connectivity index (χ2v) is 8.40. The first kappa shape index (κ1) is 20.3. The van der Waals surface area contributed by atoms with Crippen molar-refractivity contribution in [2.24, 2.45) is 5.92 Å². The van der Waals surface area contributed by atoms with Crippen molar-refractivity contribution < 1.29 is 14.3 Å². The number of amides is 2. The van der Waals surface area contributed by atoms with Gasteiger partial charge in [0.2, 0.25) is 0 Å². The highest BCUT2D eigenvalue weighted by Gasteiger charge is 2.28. The summed E-state index contributed by atoms with van der Waals surface area (Å²) in [6.07, 6.45) is 1.55. The van der Waals surface area contributed by atoms with Gasteiger partial charge in [-0.1, -0.05) is 6.07 Å². The van der Waals surface area contributed by atoms with Crippen LogP contribution < -0.4 is 0 Å². The summed E-state index contributed by atoms with van der Waals surface area (Å²) >= 11 is 0. The lowest BCUT2D eigenvalue weighted by Gasteiger charge is -2.34. The van der Waals surface area contributed by atoms with Crippen molar-refractivity contribution >= 4 is 12.0 Å². The van der Waals surface area contributed by atoms with Crippen molar-refractivity contribution in [1.82, 2.24) is 9.80 Å². The van der Waals surface area contributed by atoms with Gasteiger partial charge >= 0.3 is 6.09 Å². The average Bonchev–Trinajstić information content (AvgIpc) is 2.55. The molecule has 144 valence electrons. The van der Waals surface area contributed by atoms with Crippen molar-refractivity contribution in [2.45, 2.75) is 53.1 Å². The van der Waals surface area contributed by atoms with Gasteiger partial charge in [0.15, 0.2) is 0 Å². The molecule has 0 aromatic heterocycles. The zero-order valence-electron chi connectivity index (χ0n) is 17.0. The maximum atomic E-state index is 12.7. The number of likely N-dealkylation sites (tertiary alicyclic amines) is 1. The molecule has 1 aromatic carbocycles. The summed E-state index contributed by atoms with van der Waals surface area (Å²) in [4.78, 5) is 28.4. The van der Waals surface area contributed by atoms with E-state index in [9.17, 15) is 9.59 Å². The van der Waals surface area contributed by atoms with E-state index in [1.807, 2.05) is 59.9 Å². The Morgan fingerprint density at radius 2 is 1.77 bits per heavy atom. The van der Waals surface area contributed by atoms with Crippen LogP contribution in [0.1, 0.15) is 55.1 Å². The summed E-state index contributed by atoms with van der Waals surface area (Å²) in [6.45, 7) is 11.8. The first-order valence-electron chi connectivity index (χ1n) is 9.37. The van der Waals surface area contributed by atoms with Crippen LogP contribution in [0, 0.1) is 19.8 Å². The molecule has 0 spiro atoms. The molecule has 5 heteroatoms. The lowest BCUT2D eigenvalue weighted by Crippen LogP contribution is -2.44. The topological polar surface area (TPSA) is 49.9 Å². The zero-order chi connectivity index (χ0) is 19.5. The molecule has 1 aliphatic rings. The summed E-state index contributed by atoms with van der Waals surface area (Å²) in [6, 6.07) is 5.85. The highest BCUT2D eigenvalue weighted by atomic mass is 16.6. The van der Waals surface area contributed by atoms with E-state index >= 15 is 0 Å². The molecule has 0 unspecified atom stereocenters. The molecule has 0 bridgehead atoms. The molecule has 1 aliphatic heterocycles. The van der Waals surface area contributed by atoms with Crippen molar-refractivity contribution in [1.29, 1.82) is 0 Å². The third kappa shape index (κ3) is 5.48. The number of nitrogens with zero attached hydrogens (tertiary/aromatic N) is 2. The van der Waals surface area contributed by atoms with Crippen LogP contribution in [0.3, 0.4) is 0 Å². The minimum absolute atomic E-state index is 0.0580. The Labute approximate surface area is 157 Å². The quantitative estimate of drug-likeness (QED) is 0.818. The van der Waals surface area contributed by atoms with Gasteiger partial charge in [-0.25, -0.2) is 4.79 Å². The summed E-state index contributed by atoms with van der Waals surface area (Å²) in [7, 11) is 1.86. The molecular weight excluding hydrogens is 328 g/mol. The highest BCUT2D eigenvalue weighted by molar-refractivity contribution is 5.94. The number of aryl methyl sites for hydroxylation is 2.